The Balaban J connectivity index is 1.30. The lowest BCUT2D eigenvalue weighted by Gasteiger charge is -2.34. The zero-order chi connectivity index (χ0) is 20.7. The third kappa shape index (κ3) is 7.56. The van der Waals surface area contributed by atoms with Gasteiger partial charge in [0.15, 0.2) is 0 Å². The van der Waals surface area contributed by atoms with Gasteiger partial charge in [-0.25, -0.2) is 0 Å². The number of likely N-dealkylation sites (tertiary alicyclic amines) is 1. The Hall–Kier alpha value is -1.14. The zero-order valence-electron chi connectivity index (χ0n) is 18.6. The fraction of sp³-hybridized carbons (Fsp3) is 0.750. The van der Waals surface area contributed by atoms with E-state index in [1.54, 1.807) is 0 Å². The number of β-amino-alcohol motifs (C(OH)–C–C–N with tert-alkyl or cyclic N) is 1. The topological polar surface area (TPSA) is 45.2 Å². The quantitative estimate of drug-likeness (QED) is 0.721. The van der Waals surface area contributed by atoms with Crippen molar-refractivity contribution in [3.8, 4) is 5.75 Å². The van der Waals surface area contributed by atoms with Crippen LogP contribution < -0.4 is 4.74 Å². The first-order chi connectivity index (χ1) is 13.9. The summed E-state index contributed by atoms with van der Waals surface area (Å²) in [7, 11) is 0. The van der Waals surface area contributed by atoms with Crippen molar-refractivity contribution in [2.45, 2.75) is 51.6 Å². The van der Waals surface area contributed by atoms with Crippen molar-refractivity contribution in [1.29, 1.82) is 0 Å². The molecule has 0 radical (unpaired) electrons. The lowest BCUT2D eigenvalue weighted by molar-refractivity contribution is 0.0308. The molecule has 1 N–H and O–H groups in total. The Labute approximate surface area is 177 Å². The SMILES string of the molecule is CC(C)(C)c1ccc(OCC(O)CN2CCC(CCN3CCOCC3)CC2)cc1. The highest BCUT2D eigenvalue weighted by Gasteiger charge is 2.22. The number of nitrogens with zero attached hydrogens (tertiary/aromatic N) is 2. The standard InChI is InChI=1S/C24H40N2O3/c1-24(2,3)21-4-6-23(7-5-21)29-19-22(27)18-26-12-9-20(10-13-26)8-11-25-14-16-28-17-15-25/h4-7,20,22,27H,8-19H2,1-3H3. The number of rotatable bonds is 8. The van der Waals surface area contributed by atoms with Gasteiger partial charge in [-0.15, -0.1) is 0 Å². The van der Waals surface area contributed by atoms with Crippen LogP contribution in [0.1, 0.15) is 45.6 Å². The molecule has 2 aliphatic rings. The van der Waals surface area contributed by atoms with Crippen LogP contribution in [0.5, 0.6) is 5.75 Å². The minimum Gasteiger partial charge on any atom is -0.491 e. The fourth-order valence-corrected chi connectivity index (χ4v) is 4.24. The first-order valence-corrected chi connectivity index (χ1v) is 11.3. The van der Waals surface area contributed by atoms with E-state index in [2.05, 4.69) is 42.7 Å². The normalized spacial score (nSPS) is 21.2. The van der Waals surface area contributed by atoms with Crippen molar-refractivity contribution >= 4 is 0 Å². The molecule has 164 valence electrons. The molecule has 0 aromatic heterocycles. The van der Waals surface area contributed by atoms with E-state index in [4.69, 9.17) is 9.47 Å². The van der Waals surface area contributed by atoms with Gasteiger partial charge in [-0.2, -0.15) is 0 Å². The first-order valence-electron chi connectivity index (χ1n) is 11.3. The van der Waals surface area contributed by atoms with Crippen LogP contribution in [-0.4, -0.2) is 80.1 Å². The molecule has 1 unspecified atom stereocenters. The molecule has 29 heavy (non-hydrogen) atoms. The minimum absolute atomic E-state index is 0.145. The van der Waals surface area contributed by atoms with Crippen LogP contribution in [0.3, 0.4) is 0 Å². The Morgan fingerprint density at radius 2 is 1.69 bits per heavy atom. The predicted octanol–water partition coefficient (Wildman–Crippen LogP) is 3.16. The molecule has 2 saturated heterocycles. The van der Waals surface area contributed by atoms with Crippen molar-refractivity contribution in [2.75, 3.05) is 59.1 Å². The summed E-state index contributed by atoms with van der Waals surface area (Å²) in [5, 5.41) is 10.4. The molecule has 0 bridgehead atoms. The Morgan fingerprint density at radius 1 is 1.03 bits per heavy atom. The van der Waals surface area contributed by atoms with Gasteiger partial charge in [0.25, 0.3) is 0 Å². The van der Waals surface area contributed by atoms with Gasteiger partial charge in [-0.1, -0.05) is 32.9 Å². The summed E-state index contributed by atoms with van der Waals surface area (Å²) in [4.78, 5) is 4.92. The number of piperidine rings is 1. The molecule has 5 heteroatoms. The summed E-state index contributed by atoms with van der Waals surface area (Å²) < 4.78 is 11.2. The zero-order valence-corrected chi connectivity index (χ0v) is 18.6. The maximum absolute atomic E-state index is 10.4. The van der Waals surface area contributed by atoms with E-state index in [9.17, 15) is 5.11 Å². The van der Waals surface area contributed by atoms with Gasteiger partial charge in [0.1, 0.15) is 18.5 Å². The predicted molar refractivity (Wildman–Crippen MR) is 118 cm³/mol. The maximum Gasteiger partial charge on any atom is 0.119 e. The minimum atomic E-state index is -0.442. The lowest BCUT2D eigenvalue weighted by atomic mass is 9.87. The van der Waals surface area contributed by atoms with Crippen LogP contribution in [0.4, 0.5) is 0 Å². The summed E-state index contributed by atoms with van der Waals surface area (Å²) in [5.41, 5.74) is 1.44. The molecular formula is C24H40N2O3. The van der Waals surface area contributed by atoms with Gasteiger partial charge in [0, 0.05) is 19.6 Å². The van der Waals surface area contributed by atoms with Gasteiger partial charge < -0.3 is 19.5 Å². The smallest absolute Gasteiger partial charge is 0.119 e. The van der Waals surface area contributed by atoms with E-state index in [0.717, 1.165) is 51.1 Å². The first kappa shape index (κ1) is 22.5. The van der Waals surface area contributed by atoms with E-state index < -0.39 is 6.10 Å². The molecule has 0 aliphatic carbocycles. The molecule has 2 aliphatic heterocycles. The molecule has 2 heterocycles. The third-order valence-corrected chi connectivity index (χ3v) is 6.30. The summed E-state index contributed by atoms with van der Waals surface area (Å²) in [6.45, 7) is 15.0. The monoisotopic (exact) mass is 404 g/mol. The highest BCUT2D eigenvalue weighted by molar-refractivity contribution is 5.31. The average Bonchev–Trinajstić information content (AvgIpc) is 2.72. The highest BCUT2D eigenvalue weighted by atomic mass is 16.5. The largest absolute Gasteiger partial charge is 0.491 e. The molecule has 1 aromatic rings. The molecule has 0 saturated carbocycles. The van der Waals surface area contributed by atoms with Gasteiger partial charge in [0.2, 0.25) is 0 Å². The van der Waals surface area contributed by atoms with Crippen molar-refractivity contribution < 1.29 is 14.6 Å². The molecule has 0 amide bonds. The number of hydrogen-bond acceptors (Lipinski definition) is 5. The summed E-state index contributed by atoms with van der Waals surface area (Å²) in [5.74, 6) is 1.66. The Bertz CT molecular complexity index is 585. The lowest BCUT2D eigenvalue weighted by Crippen LogP contribution is -2.42. The molecule has 3 rings (SSSR count). The number of benzene rings is 1. The molecular weight excluding hydrogens is 364 g/mol. The van der Waals surface area contributed by atoms with Crippen LogP contribution in [0.25, 0.3) is 0 Å². The second-order valence-corrected chi connectivity index (χ2v) is 9.73. The van der Waals surface area contributed by atoms with Crippen LogP contribution >= 0.6 is 0 Å². The van der Waals surface area contributed by atoms with Gasteiger partial charge in [-0.05, 0) is 67.9 Å². The fourth-order valence-electron chi connectivity index (χ4n) is 4.24. The number of hydrogen-bond donors (Lipinski definition) is 1. The number of ether oxygens (including phenoxy) is 2. The summed E-state index contributed by atoms with van der Waals surface area (Å²) in [6.07, 6.45) is 3.34. The van der Waals surface area contributed by atoms with Crippen molar-refractivity contribution in [3.63, 3.8) is 0 Å². The molecule has 2 fully saturated rings. The second-order valence-electron chi connectivity index (χ2n) is 9.73. The van der Waals surface area contributed by atoms with Crippen molar-refractivity contribution in [2.24, 2.45) is 5.92 Å². The van der Waals surface area contributed by atoms with Gasteiger partial charge in [-0.3, -0.25) is 4.90 Å². The maximum atomic E-state index is 10.4. The van der Waals surface area contributed by atoms with Crippen molar-refractivity contribution in [1.82, 2.24) is 9.80 Å². The van der Waals surface area contributed by atoms with E-state index in [0.29, 0.717) is 13.2 Å². The number of aliphatic hydroxyl groups is 1. The molecule has 5 nitrogen and oxygen atoms in total. The van der Waals surface area contributed by atoms with Gasteiger partial charge in [0.05, 0.1) is 13.2 Å². The summed E-state index contributed by atoms with van der Waals surface area (Å²) in [6, 6.07) is 8.24. The third-order valence-electron chi connectivity index (χ3n) is 6.30. The van der Waals surface area contributed by atoms with E-state index >= 15 is 0 Å². The van der Waals surface area contributed by atoms with E-state index in [1.807, 2.05) is 12.1 Å². The highest BCUT2D eigenvalue weighted by Crippen LogP contribution is 2.24. The number of aliphatic hydroxyl groups excluding tert-OH is 1. The summed E-state index contributed by atoms with van der Waals surface area (Å²) >= 11 is 0. The molecule has 0 spiro atoms. The van der Waals surface area contributed by atoms with E-state index in [-0.39, 0.29) is 5.41 Å². The van der Waals surface area contributed by atoms with Crippen LogP contribution in [0.15, 0.2) is 24.3 Å². The van der Waals surface area contributed by atoms with Crippen LogP contribution in [0, 0.1) is 5.92 Å². The molecule has 1 aromatic carbocycles. The van der Waals surface area contributed by atoms with Crippen LogP contribution in [0.2, 0.25) is 0 Å². The van der Waals surface area contributed by atoms with E-state index in [1.165, 1.54) is 31.4 Å². The molecule has 1 atom stereocenters. The Morgan fingerprint density at radius 3 is 2.31 bits per heavy atom. The Kier molecular flexibility index (Phi) is 8.36. The second kappa shape index (κ2) is 10.8. The van der Waals surface area contributed by atoms with Gasteiger partial charge >= 0.3 is 0 Å². The number of morpholine rings is 1. The average molecular weight is 405 g/mol. The van der Waals surface area contributed by atoms with Crippen molar-refractivity contribution in [3.05, 3.63) is 29.8 Å². The van der Waals surface area contributed by atoms with Crippen LogP contribution in [-0.2, 0) is 10.2 Å².